The predicted molar refractivity (Wildman–Crippen MR) is 168 cm³/mol. The van der Waals surface area contributed by atoms with Crippen LogP contribution in [0.1, 0.15) is 66.2 Å². The fourth-order valence-electron chi connectivity index (χ4n) is 7.75. The van der Waals surface area contributed by atoms with Crippen LogP contribution in [-0.4, -0.2) is 80.1 Å². The maximum atomic E-state index is 13.5. The van der Waals surface area contributed by atoms with Gasteiger partial charge in [0.05, 0.1) is 9.79 Å². The van der Waals surface area contributed by atoms with Gasteiger partial charge in [-0.1, -0.05) is 24.3 Å². The molecule has 1 unspecified atom stereocenters. The number of amides is 1. The van der Waals surface area contributed by atoms with Crippen LogP contribution in [0, 0.1) is 6.92 Å². The second kappa shape index (κ2) is 11.2. The Bertz CT molecular complexity index is 1700. The molecule has 2 fully saturated rings. The Balaban J connectivity index is 1.01. The Morgan fingerprint density at radius 3 is 2.36 bits per heavy atom. The molecule has 1 atom stereocenters. The van der Waals surface area contributed by atoms with E-state index in [0.29, 0.717) is 22.4 Å². The first kappa shape index (κ1) is 29.3. The van der Waals surface area contributed by atoms with Gasteiger partial charge in [0.1, 0.15) is 0 Å². The van der Waals surface area contributed by atoms with Gasteiger partial charge in [0.2, 0.25) is 16.6 Å². The lowest BCUT2D eigenvalue weighted by Gasteiger charge is -2.52. The summed E-state index contributed by atoms with van der Waals surface area (Å²) < 4.78 is 37.8. The summed E-state index contributed by atoms with van der Waals surface area (Å²) in [6, 6.07) is 19.1. The number of rotatable bonds is 5. The summed E-state index contributed by atoms with van der Waals surface area (Å²) in [5.74, 6) is 1.19. The van der Waals surface area contributed by atoms with Crippen LogP contribution in [0.5, 0.6) is 11.5 Å². The summed E-state index contributed by atoms with van der Waals surface area (Å²) in [4.78, 5) is 21.0. The molecule has 3 heterocycles. The van der Waals surface area contributed by atoms with Gasteiger partial charge in [0.25, 0.3) is 5.91 Å². The quantitative estimate of drug-likeness (QED) is 0.388. The fraction of sp³-hybridized carbons (Fsp3) is 0.457. The van der Waals surface area contributed by atoms with Crippen molar-refractivity contribution < 1.29 is 22.7 Å². The number of piperazine rings is 1. The number of likely N-dealkylation sites (tertiary alicyclic amines) is 1. The van der Waals surface area contributed by atoms with Crippen molar-refractivity contribution in [1.82, 2.24) is 14.7 Å². The first-order chi connectivity index (χ1) is 21.1. The minimum atomic E-state index is -3.67. The average molecular weight is 616 g/mol. The van der Waals surface area contributed by atoms with Crippen LogP contribution in [0.4, 0.5) is 0 Å². The van der Waals surface area contributed by atoms with Crippen LogP contribution in [0.15, 0.2) is 70.5 Å². The van der Waals surface area contributed by atoms with Gasteiger partial charge in [-0.25, -0.2) is 8.42 Å². The van der Waals surface area contributed by atoms with Gasteiger partial charge in [-0.2, -0.15) is 0 Å². The molecule has 4 aliphatic rings. The molecule has 0 spiro atoms. The molecule has 0 aromatic heterocycles. The molecular weight excluding hydrogens is 574 g/mol. The first-order valence-electron chi connectivity index (χ1n) is 15.7. The van der Waals surface area contributed by atoms with Crippen molar-refractivity contribution >= 4 is 15.7 Å². The van der Waals surface area contributed by atoms with E-state index in [1.165, 1.54) is 5.56 Å². The molecule has 7 rings (SSSR count). The summed E-state index contributed by atoms with van der Waals surface area (Å²) in [6.45, 7) is 11.3. The zero-order chi connectivity index (χ0) is 30.6. The maximum Gasteiger partial charge on any atom is 0.254 e. The molecule has 0 saturated carbocycles. The van der Waals surface area contributed by atoms with Crippen LogP contribution in [0.25, 0.3) is 0 Å². The number of fused-ring (bicyclic) bond motifs is 2. The molecule has 0 radical (unpaired) electrons. The zero-order valence-electron chi connectivity index (χ0n) is 25.8. The van der Waals surface area contributed by atoms with Crippen molar-refractivity contribution in [3.05, 3.63) is 82.9 Å². The molecule has 232 valence electrons. The van der Waals surface area contributed by atoms with Gasteiger partial charge >= 0.3 is 0 Å². The Labute approximate surface area is 260 Å². The van der Waals surface area contributed by atoms with E-state index >= 15 is 0 Å². The van der Waals surface area contributed by atoms with Crippen molar-refractivity contribution in [2.45, 2.75) is 73.9 Å². The molecule has 44 heavy (non-hydrogen) atoms. The Morgan fingerprint density at radius 1 is 0.864 bits per heavy atom. The second-order valence-corrected chi connectivity index (χ2v) is 15.2. The summed E-state index contributed by atoms with van der Waals surface area (Å²) in [5, 5.41) is 0. The number of carbonyl (C=O) groups excluding carboxylic acids is 1. The minimum Gasteiger partial charge on any atom is -0.454 e. The van der Waals surface area contributed by atoms with Crippen LogP contribution >= 0.6 is 0 Å². The number of ether oxygens (including phenoxy) is 2. The molecule has 3 aliphatic heterocycles. The number of carbonyl (C=O) groups is 1. The summed E-state index contributed by atoms with van der Waals surface area (Å²) in [6.07, 6.45) is 3.86. The largest absolute Gasteiger partial charge is 0.454 e. The van der Waals surface area contributed by atoms with Crippen LogP contribution < -0.4 is 9.47 Å². The number of hydrogen-bond donors (Lipinski definition) is 0. The van der Waals surface area contributed by atoms with Gasteiger partial charge in [-0.05, 0) is 93.5 Å². The number of hydrogen-bond acceptors (Lipinski definition) is 7. The van der Waals surface area contributed by atoms with E-state index in [1.807, 2.05) is 48.2 Å². The van der Waals surface area contributed by atoms with Crippen molar-refractivity contribution in [2.24, 2.45) is 0 Å². The molecule has 1 amide bonds. The second-order valence-electron chi connectivity index (χ2n) is 13.2. The molecule has 3 aromatic carbocycles. The van der Waals surface area contributed by atoms with Gasteiger partial charge in [0, 0.05) is 62.0 Å². The highest BCUT2D eigenvalue weighted by Crippen LogP contribution is 2.43. The van der Waals surface area contributed by atoms with Crippen LogP contribution in [-0.2, 0) is 16.3 Å². The van der Waals surface area contributed by atoms with Crippen molar-refractivity contribution in [3.63, 3.8) is 0 Å². The number of nitrogens with zero attached hydrogens (tertiary/aromatic N) is 3. The normalized spacial score (nSPS) is 22.2. The molecule has 9 heteroatoms. The van der Waals surface area contributed by atoms with E-state index < -0.39 is 9.84 Å². The monoisotopic (exact) mass is 615 g/mol. The van der Waals surface area contributed by atoms with E-state index in [9.17, 15) is 13.2 Å². The standard InChI is InChI=1S/C35H41N3O5S/c1-24-6-4-5-7-29(24)34(39)36-16-14-26(15-17-36)37-18-19-38(35(2,3)22-37)31-12-8-25-20-27(9-11-30(25)31)44(40,41)28-10-13-32-33(21-28)43-23-42-32/h4-7,9-11,13,20-21,26,31H,8,12,14-19,22-23H2,1-3H3. The Hall–Kier alpha value is -3.40. The summed E-state index contributed by atoms with van der Waals surface area (Å²) in [5.41, 5.74) is 4.19. The predicted octanol–water partition coefficient (Wildman–Crippen LogP) is 5.24. The molecule has 0 bridgehead atoms. The maximum absolute atomic E-state index is 13.5. The average Bonchev–Trinajstić information content (AvgIpc) is 3.67. The molecule has 2 saturated heterocycles. The van der Waals surface area contributed by atoms with E-state index in [-0.39, 0.29) is 29.2 Å². The lowest BCUT2D eigenvalue weighted by Crippen LogP contribution is -2.62. The molecule has 3 aromatic rings. The topological polar surface area (TPSA) is 79.4 Å². The van der Waals surface area contributed by atoms with Gasteiger partial charge in [0.15, 0.2) is 11.5 Å². The third-order valence-electron chi connectivity index (χ3n) is 10.1. The highest BCUT2D eigenvalue weighted by molar-refractivity contribution is 7.91. The summed E-state index contributed by atoms with van der Waals surface area (Å²) >= 11 is 0. The van der Waals surface area contributed by atoms with E-state index in [0.717, 1.165) is 75.1 Å². The summed E-state index contributed by atoms with van der Waals surface area (Å²) in [7, 11) is -3.67. The van der Waals surface area contributed by atoms with Crippen LogP contribution in [0.2, 0.25) is 0 Å². The fourth-order valence-corrected chi connectivity index (χ4v) is 9.08. The Kier molecular flexibility index (Phi) is 7.46. The van der Waals surface area contributed by atoms with E-state index in [1.54, 1.807) is 24.3 Å². The van der Waals surface area contributed by atoms with Crippen molar-refractivity contribution in [2.75, 3.05) is 39.5 Å². The van der Waals surface area contributed by atoms with E-state index in [4.69, 9.17) is 9.47 Å². The number of benzene rings is 3. The third-order valence-corrected chi connectivity index (χ3v) is 11.9. The van der Waals surface area contributed by atoms with Gasteiger partial charge < -0.3 is 14.4 Å². The molecule has 1 aliphatic carbocycles. The van der Waals surface area contributed by atoms with Crippen molar-refractivity contribution in [1.29, 1.82) is 0 Å². The lowest BCUT2D eigenvalue weighted by molar-refractivity contribution is -0.0362. The highest BCUT2D eigenvalue weighted by atomic mass is 32.2. The van der Waals surface area contributed by atoms with Crippen molar-refractivity contribution in [3.8, 4) is 11.5 Å². The minimum absolute atomic E-state index is 0.0319. The number of aryl methyl sites for hydroxylation is 2. The molecular formula is C35H41N3O5S. The Morgan fingerprint density at radius 2 is 1.59 bits per heavy atom. The van der Waals surface area contributed by atoms with Crippen LogP contribution in [0.3, 0.4) is 0 Å². The molecule has 0 N–H and O–H groups in total. The van der Waals surface area contributed by atoms with Gasteiger partial charge in [-0.15, -0.1) is 0 Å². The number of sulfone groups is 1. The number of piperidine rings is 1. The third kappa shape index (κ3) is 5.18. The molecule has 8 nitrogen and oxygen atoms in total. The SMILES string of the molecule is Cc1ccccc1C(=O)N1CCC(N2CCN(C3CCc4cc(S(=O)(=O)c5ccc6c(c5)OCO6)ccc43)C(C)(C)C2)CC1. The van der Waals surface area contributed by atoms with E-state index in [2.05, 4.69) is 23.6 Å². The zero-order valence-corrected chi connectivity index (χ0v) is 26.6. The van der Waals surface area contributed by atoms with Gasteiger partial charge in [-0.3, -0.25) is 14.6 Å². The highest BCUT2D eigenvalue weighted by Gasteiger charge is 2.42. The smallest absolute Gasteiger partial charge is 0.254 e. The lowest BCUT2D eigenvalue weighted by atomic mass is 9.91. The first-order valence-corrected chi connectivity index (χ1v) is 17.2.